The van der Waals surface area contributed by atoms with Gasteiger partial charge < -0.3 is 0 Å². The molecule has 0 aliphatic heterocycles. The van der Waals surface area contributed by atoms with Gasteiger partial charge in [0.15, 0.2) is 0 Å². The number of nitrogens with one attached hydrogen (secondary N) is 1. The van der Waals surface area contributed by atoms with Crippen LogP contribution >= 0.6 is 38.9 Å². The summed E-state index contributed by atoms with van der Waals surface area (Å²) in [5.74, 6) is 0.508. The maximum atomic E-state index is 12.0. The third kappa shape index (κ3) is 3.23. The molecule has 2 rings (SSSR count). The molecule has 0 radical (unpaired) electrons. The number of halogens is 2. The SMILES string of the molecule is CCCC1CC1NS(=O)(=O)c1cc(Cl)c(Br)s1. The maximum absolute atomic E-state index is 12.0. The second-order valence-electron chi connectivity index (χ2n) is 4.20. The van der Waals surface area contributed by atoms with E-state index in [0.29, 0.717) is 14.7 Å². The normalized spacial score (nSPS) is 23.9. The third-order valence-corrected chi connectivity index (χ3v) is 7.21. The van der Waals surface area contributed by atoms with Crippen LogP contribution in [0.1, 0.15) is 26.2 Å². The van der Waals surface area contributed by atoms with E-state index in [9.17, 15) is 8.42 Å². The van der Waals surface area contributed by atoms with Crippen molar-refractivity contribution in [2.24, 2.45) is 5.92 Å². The van der Waals surface area contributed by atoms with Gasteiger partial charge in [-0.1, -0.05) is 24.9 Å². The van der Waals surface area contributed by atoms with Crippen LogP contribution in [0.3, 0.4) is 0 Å². The van der Waals surface area contributed by atoms with Gasteiger partial charge >= 0.3 is 0 Å². The van der Waals surface area contributed by atoms with E-state index in [0.717, 1.165) is 30.6 Å². The summed E-state index contributed by atoms with van der Waals surface area (Å²) in [4.78, 5) is 0. The van der Waals surface area contributed by atoms with Gasteiger partial charge in [-0.2, -0.15) is 0 Å². The molecule has 1 fully saturated rings. The summed E-state index contributed by atoms with van der Waals surface area (Å²) in [6.45, 7) is 2.11. The molecule has 17 heavy (non-hydrogen) atoms. The molecule has 1 aromatic heterocycles. The fourth-order valence-corrected chi connectivity index (χ4v) is 5.53. The maximum Gasteiger partial charge on any atom is 0.250 e. The van der Waals surface area contributed by atoms with Crippen LogP contribution in [0.5, 0.6) is 0 Å². The minimum atomic E-state index is -3.40. The lowest BCUT2D eigenvalue weighted by molar-refractivity contribution is 0.575. The third-order valence-electron chi connectivity index (χ3n) is 2.78. The minimum absolute atomic E-state index is 0.111. The van der Waals surface area contributed by atoms with Crippen LogP contribution in [0.4, 0.5) is 0 Å². The Bertz CT molecular complexity index is 495. The van der Waals surface area contributed by atoms with E-state index in [1.54, 1.807) is 0 Å². The fourth-order valence-electron chi connectivity index (χ4n) is 1.80. The first-order valence-corrected chi connectivity index (χ1v) is 8.88. The molecule has 1 aliphatic rings. The summed E-state index contributed by atoms with van der Waals surface area (Å²) in [5, 5.41) is 0.441. The largest absolute Gasteiger partial charge is 0.250 e. The van der Waals surface area contributed by atoms with Crippen LogP contribution in [0, 0.1) is 5.92 Å². The van der Waals surface area contributed by atoms with Gasteiger partial charge in [-0.25, -0.2) is 13.1 Å². The molecular weight excluding hydrogens is 346 g/mol. The molecule has 2 atom stereocenters. The van der Waals surface area contributed by atoms with E-state index in [-0.39, 0.29) is 10.3 Å². The number of hydrogen-bond acceptors (Lipinski definition) is 3. The molecule has 1 saturated carbocycles. The van der Waals surface area contributed by atoms with E-state index in [4.69, 9.17) is 11.6 Å². The van der Waals surface area contributed by atoms with Crippen molar-refractivity contribution in [3.05, 3.63) is 14.9 Å². The lowest BCUT2D eigenvalue weighted by Crippen LogP contribution is -2.26. The molecule has 0 bridgehead atoms. The highest BCUT2D eigenvalue weighted by atomic mass is 79.9. The van der Waals surface area contributed by atoms with E-state index in [1.807, 2.05) is 0 Å². The van der Waals surface area contributed by atoms with Crippen molar-refractivity contribution in [2.75, 3.05) is 0 Å². The van der Waals surface area contributed by atoms with Gasteiger partial charge in [0.2, 0.25) is 10.0 Å². The van der Waals surface area contributed by atoms with Gasteiger partial charge in [-0.05, 0) is 40.8 Å². The highest BCUT2D eigenvalue weighted by Gasteiger charge is 2.39. The standard InChI is InChI=1S/C10H13BrClNO2S2/c1-2-3-6-4-8(6)13-17(14,15)9-5-7(12)10(11)16-9/h5-6,8,13H,2-4H2,1H3. The Morgan fingerprint density at radius 2 is 2.35 bits per heavy atom. The highest BCUT2D eigenvalue weighted by Crippen LogP contribution is 2.38. The van der Waals surface area contributed by atoms with Crippen molar-refractivity contribution >= 4 is 48.9 Å². The summed E-state index contributed by atoms with van der Waals surface area (Å²) in [7, 11) is -3.40. The average Bonchev–Trinajstić information content (AvgIpc) is 2.84. The summed E-state index contributed by atoms with van der Waals surface area (Å²) in [6, 6.07) is 1.59. The van der Waals surface area contributed by atoms with Crippen LogP contribution < -0.4 is 4.72 Å². The number of hydrogen-bond donors (Lipinski definition) is 1. The second-order valence-corrected chi connectivity index (χ2v) is 8.92. The number of sulfonamides is 1. The van der Waals surface area contributed by atoms with Crippen molar-refractivity contribution < 1.29 is 8.42 Å². The van der Waals surface area contributed by atoms with Crippen molar-refractivity contribution in [1.29, 1.82) is 0 Å². The smallest absolute Gasteiger partial charge is 0.207 e. The molecule has 3 nitrogen and oxygen atoms in total. The Morgan fingerprint density at radius 3 is 2.88 bits per heavy atom. The first kappa shape index (κ1) is 13.8. The molecule has 96 valence electrons. The summed E-state index contributed by atoms with van der Waals surface area (Å²) in [6.07, 6.45) is 3.13. The lowest BCUT2D eigenvalue weighted by Gasteiger charge is -2.03. The zero-order valence-corrected chi connectivity index (χ0v) is 13.2. The molecule has 2 unspecified atom stereocenters. The van der Waals surface area contributed by atoms with Gasteiger partial charge in [0.1, 0.15) is 4.21 Å². The zero-order valence-electron chi connectivity index (χ0n) is 9.24. The molecule has 0 amide bonds. The second kappa shape index (κ2) is 5.17. The lowest BCUT2D eigenvalue weighted by atomic mass is 10.2. The van der Waals surface area contributed by atoms with Gasteiger partial charge in [-0.3, -0.25) is 0 Å². The fraction of sp³-hybridized carbons (Fsp3) is 0.600. The molecule has 0 saturated heterocycles. The Morgan fingerprint density at radius 1 is 1.65 bits per heavy atom. The Labute approximate surface area is 119 Å². The van der Waals surface area contributed by atoms with Gasteiger partial charge in [0.25, 0.3) is 0 Å². The molecule has 1 N–H and O–H groups in total. The van der Waals surface area contributed by atoms with Gasteiger partial charge in [-0.15, -0.1) is 11.3 Å². The molecule has 0 aromatic carbocycles. The van der Waals surface area contributed by atoms with Crippen LogP contribution in [-0.4, -0.2) is 14.5 Å². The summed E-state index contributed by atoms with van der Waals surface area (Å²) < 4.78 is 27.7. The van der Waals surface area contributed by atoms with Crippen molar-refractivity contribution in [1.82, 2.24) is 4.72 Å². The Kier molecular flexibility index (Phi) is 4.20. The quantitative estimate of drug-likeness (QED) is 0.873. The Balaban J connectivity index is 2.05. The Hall–Kier alpha value is 0.380. The monoisotopic (exact) mass is 357 g/mol. The number of rotatable bonds is 5. The van der Waals surface area contributed by atoms with Crippen molar-refractivity contribution in [3.63, 3.8) is 0 Å². The number of thiophene rings is 1. The van der Waals surface area contributed by atoms with Gasteiger partial charge in [0.05, 0.1) is 8.81 Å². The topological polar surface area (TPSA) is 46.2 Å². The first-order valence-electron chi connectivity index (χ1n) is 5.41. The van der Waals surface area contributed by atoms with E-state index in [1.165, 1.54) is 6.07 Å². The minimum Gasteiger partial charge on any atom is -0.207 e. The van der Waals surface area contributed by atoms with E-state index < -0.39 is 10.0 Å². The van der Waals surface area contributed by atoms with Crippen LogP contribution in [0.25, 0.3) is 0 Å². The zero-order chi connectivity index (χ0) is 12.6. The predicted octanol–water partition coefficient (Wildman–Crippen LogP) is 3.63. The molecular formula is C10H13BrClNO2S2. The van der Waals surface area contributed by atoms with E-state index in [2.05, 4.69) is 27.6 Å². The molecule has 1 aliphatic carbocycles. The van der Waals surface area contributed by atoms with Crippen LogP contribution in [0.15, 0.2) is 14.1 Å². The molecule has 1 aromatic rings. The highest BCUT2D eigenvalue weighted by molar-refractivity contribution is 9.11. The first-order chi connectivity index (χ1) is 7.94. The average molecular weight is 359 g/mol. The van der Waals surface area contributed by atoms with Crippen LogP contribution in [-0.2, 0) is 10.0 Å². The predicted molar refractivity (Wildman–Crippen MR) is 74.2 cm³/mol. The summed E-state index contributed by atoms with van der Waals surface area (Å²) in [5.41, 5.74) is 0. The summed E-state index contributed by atoms with van der Waals surface area (Å²) >= 11 is 10.2. The van der Waals surface area contributed by atoms with E-state index >= 15 is 0 Å². The van der Waals surface area contributed by atoms with Crippen LogP contribution in [0.2, 0.25) is 5.02 Å². The van der Waals surface area contributed by atoms with Gasteiger partial charge in [0, 0.05) is 6.04 Å². The molecule has 1 heterocycles. The van der Waals surface area contributed by atoms with Crippen molar-refractivity contribution in [3.8, 4) is 0 Å². The molecule has 0 spiro atoms. The van der Waals surface area contributed by atoms with Crippen molar-refractivity contribution in [2.45, 2.75) is 36.4 Å². The molecule has 7 heteroatoms.